The summed E-state index contributed by atoms with van der Waals surface area (Å²) >= 11 is 9.70. The standard InChI is InChI=1S/C9H18N6S2.Cu/c1-5-7(13-15-9(17)11-4)6(2)12-14-8(16)10-3;/h5H2,1-4H3,(H2,10,14,16)(H2,11,15,17);/q;+2/p-2/b12-6-,13-7-;. The van der Waals surface area contributed by atoms with Crippen LogP contribution in [0.2, 0.25) is 0 Å². The molecule has 0 fully saturated rings. The van der Waals surface area contributed by atoms with E-state index in [-0.39, 0.29) is 17.1 Å². The van der Waals surface area contributed by atoms with Gasteiger partial charge in [0.05, 0.1) is 11.4 Å². The van der Waals surface area contributed by atoms with Gasteiger partial charge in [-0.3, -0.25) is 20.8 Å². The van der Waals surface area contributed by atoms with Gasteiger partial charge in [-0.05, 0) is 23.7 Å². The van der Waals surface area contributed by atoms with Gasteiger partial charge in [0.25, 0.3) is 0 Å². The second-order valence-corrected chi connectivity index (χ2v) is 3.66. The Balaban J connectivity index is 0. The first-order valence-electron chi connectivity index (χ1n) is 4.95. The number of aliphatic imine (C=N–C) groups is 2. The van der Waals surface area contributed by atoms with Gasteiger partial charge in [0, 0.05) is 14.1 Å². The normalized spacial score (nSPS) is 14.0. The number of hydrogen-bond donors (Lipinski definition) is 2. The Morgan fingerprint density at radius 2 is 1.44 bits per heavy atom. The van der Waals surface area contributed by atoms with Crippen LogP contribution in [0.5, 0.6) is 0 Å². The predicted octanol–water partition coefficient (Wildman–Crippen LogP) is 0.370. The minimum Gasteiger partial charge on any atom is -0.741 e. The van der Waals surface area contributed by atoms with Crippen LogP contribution >= 0.6 is 0 Å². The molecule has 0 atom stereocenters. The van der Waals surface area contributed by atoms with Crippen LogP contribution in [0.1, 0.15) is 20.3 Å². The van der Waals surface area contributed by atoms with Crippen LogP contribution in [0.25, 0.3) is 0 Å². The number of amidine groups is 2. The van der Waals surface area contributed by atoms with Crippen molar-refractivity contribution in [1.29, 1.82) is 0 Å². The summed E-state index contributed by atoms with van der Waals surface area (Å²) in [7, 11) is 3.19. The third kappa shape index (κ3) is 8.35. The minimum atomic E-state index is 0. The van der Waals surface area contributed by atoms with Crippen LogP contribution < -0.4 is 10.9 Å². The first-order valence-corrected chi connectivity index (χ1v) is 5.77. The Bertz CT molecular complexity index is 364. The molecule has 0 unspecified atom stereocenters. The molecule has 2 N–H and O–H groups in total. The van der Waals surface area contributed by atoms with Crippen molar-refractivity contribution in [3.05, 3.63) is 0 Å². The fourth-order valence-corrected chi connectivity index (χ4v) is 0.919. The zero-order valence-electron chi connectivity index (χ0n) is 10.6. The molecule has 0 heterocycles. The van der Waals surface area contributed by atoms with E-state index < -0.39 is 0 Å². The maximum Gasteiger partial charge on any atom is 2.00 e. The molecule has 0 aromatic carbocycles. The van der Waals surface area contributed by atoms with Crippen molar-refractivity contribution in [2.24, 2.45) is 20.2 Å². The van der Waals surface area contributed by atoms with E-state index in [1.165, 1.54) is 0 Å². The Morgan fingerprint density at radius 3 is 1.83 bits per heavy atom. The molecule has 9 heteroatoms. The zero-order chi connectivity index (χ0) is 13.3. The minimum absolute atomic E-state index is 0. The maximum absolute atomic E-state index is 4.86. The second kappa shape index (κ2) is 11.3. The first-order chi connectivity index (χ1) is 8.04. The fraction of sp³-hybridized carbons (Fsp3) is 0.556. The van der Waals surface area contributed by atoms with E-state index in [0.29, 0.717) is 22.5 Å². The number of hydrazone groups is 2. The smallest absolute Gasteiger partial charge is 0.741 e. The van der Waals surface area contributed by atoms with Crippen molar-refractivity contribution in [3.63, 3.8) is 0 Å². The summed E-state index contributed by atoms with van der Waals surface area (Å²) < 4.78 is 0. The molecule has 0 rings (SSSR count). The molecule has 6 nitrogen and oxygen atoms in total. The number of nitrogens with zero attached hydrogens (tertiary/aromatic N) is 4. The summed E-state index contributed by atoms with van der Waals surface area (Å²) in [5, 5.41) is 8.82. The van der Waals surface area contributed by atoms with E-state index in [0.717, 1.165) is 5.71 Å². The molecule has 0 aromatic heterocycles. The van der Waals surface area contributed by atoms with Crippen molar-refractivity contribution in [1.82, 2.24) is 10.9 Å². The molecule has 0 aromatic rings. The van der Waals surface area contributed by atoms with E-state index >= 15 is 0 Å². The zero-order valence-corrected chi connectivity index (χ0v) is 13.2. The van der Waals surface area contributed by atoms with Crippen LogP contribution in [-0.4, -0.2) is 35.9 Å². The van der Waals surface area contributed by atoms with Gasteiger partial charge in [-0.2, -0.15) is 10.2 Å². The second-order valence-electron chi connectivity index (χ2n) is 2.89. The van der Waals surface area contributed by atoms with E-state index in [1.54, 1.807) is 14.1 Å². The number of hydrogen-bond acceptors (Lipinski definition) is 6. The first kappa shape index (κ1) is 19.6. The SMILES string of the molecule is CCC(=N/NC([S-])=NC)/C(C)=N\NC([S-])=NC.[Cu+2]. The van der Waals surface area contributed by atoms with Gasteiger partial charge in [0.1, 0.15) is 0 Å². The summed E-state index contributed by atoms with van der Waals surface area (Å²) in [6.45, 7) is 3.79. The van der Waals surface area contributed by atoms with Gasteiger partial charge in [-0.15, -0.1) is 0 Å². The Labute approximate surface area is 129 Å². The van der Waals surface area contributed by atoms with Gasteiger partial charge in [0.2, 0.25) is 0 Å². The van der Waals surface area contributed by atoms with Crippen molar-refractivity contribution in [2.75, 3.05) is 14.1 Å². The number of rotatable bonds is 4. The molecule has 0 saturated heterocycles. The van der Waals surface area contributed by atoms with Crippen LogP contribution in [0.4, 0.5) is 0 Å². The molecule has 105 valence electrons. The maximum atomic E-state index is 4.86. The summed E-state index contributed by atoms with van der Waals surface area (Å²) in [5.74, 6) is 0. The molecule has 1 radical (unpaired) electrons. The molecule has 0 bridgehead atoms. The topological polar surface area (TPSA) is 73.5 Å². The van der Waals surface area contributed by atoms with Crippen LogP contribution in [-0.2, 0) is 42.3 Å². The molecule has 0 aliphatic rings. The quantitative estimate of drug-likeness (QED) is 0.256. The van der Waals surface area contributed by atoms with Crippen molar-refractivity contribution in [3.8, 4) is 0 Å². The summed E-state index contributed by atoms with van der Waals surface area (Å²) in [6.07, 6.45) is 0.715. The van der Waals surface area contributed by atoms with Crippen LogP contribution in [0, 0.1) is 0 Å². The molecule has 0 aliphatic heterocycles. The van der Waals surface area contributed by atoms with Gasteiger partial charge in [0.15, 0.2) is 0 Å². The van der Waals surface area contributed by atoms with Gasteiger partial charge in [-0.25, -0.2) is 0 Å². The van der Waals surface area contributed by atoms with Crippen molar-refractivity contribution in [2.45, 2.75) is 20.3 Å². The average molecular weight is 336 g/mol. The van der Waals surface area contributed by atoms with Gasteiger partial charge in [-0.1, -0.05) is 6.92 Å². The molecular formula is C9H16CuN6S2. The Kier molecular flexibility index (Phi) is 12.3. The van der Waals surface area contributed by atoms with Gasteiger partial charge < -0.3 is 25.3 Å². The predicted molar refractivity (Wildman–Crippen MR) is 78.6 cm³/mol. The van der Waals surface area contributed by atoms with E-state index in [1.807, 2.05) is 13.8 Å². The van der Waals surface area contributed by atoms with Crippen LogP contribution in [0.15, 0.2) is 20.2 Å². The molecule has 0 amide bonds. The summed E-state index contributed by atoms with van der Waals surface area (Å²) in [5.41, 5.74) is 6.77. The molecular weight excluding hydrogens is 320 g/mol. The summed E-state index contributed by atoms with van der Waals surface area (Å²) in [6, 6.07) is 0. The van der Waals surface area contributed by atoms with Crippen molar-refractivity contribution >= 4 is 47.0 Å². The van der Waals surface area contributed by atoms with Crippen molar-refractivity contribution < 1.29 is 17.1 Å². The average Bonchev–Trinajstić information content (AvgIpc) is 2.35. The third-order valence-electron chi connectivity index (χ3n) is 1.76. The molecule has 0 saturated carbocycles. The Morgan fingerprint density at radius 1 is 1.00 bits per heavy atom. The fourth-order valence-electron chi connectivity index (χ4n) is 0.827. The van der Waals surface area contributed by atoms with E-state index in [9.17, 15) is 0 Å². The number of nitrogens with one attached hydrogen (secondary N) is 2. The van der Waals surface area contributed by atoms with E-state index in [2.05, 4.69) is 31.0 Å². The largest absolute Gasteiger partial charge is 2.00 e. The van der Waals surface area contributed by atoms with E-state index in [4.69, 9.17) is 25.3 Å². The molecule has 0 spiro atoms. The monoisotopic (exact) mass is 335 g/mol. The van der Waals surface area contributed by atoms with Gasteiger partial charge >= 0.3 is 17.1 Å². The Hall–Kier alpha value is -0.761. The van der Waals surface area contributed by atoms with Crippen LogP contribution in [0.3, 0.4) is 0 Å². The third-order valence-corrected chi connectivity index (χ3v) is 2.31. The summed E-state index contributed by atoms with van der Waals surface area (Å²) in [4.78, 5) is 7.52. The molecule has 18 heavy (non-hydrogen) atoms. The molecule has 0 aliphatic carbocycles.